The molecule has 0 aromatic heterocycles. The number of nitrogens with two attached hydrogens (primary N) is 1. The zero-order valence-corrected chi connectivity index (χ0v) is 9.34. The second-order valence-electron chi connectivity index (χ2n) is 3.42. The molecule has 0 spiro atoms. The highest BCUT2D eigenvalue weighted by molar-refractivity contribution is 6.02. The van der Waals surface area contributed by atoms with Gasteiger partial charge in [-0.3, -0.25) is 19.9 Å². The molecule has 1 rings (SSSR count). The molecule has 0 amide bonds. The van der Waals surface area contributed by atoms with Crippen molar-refractivity contribution in [1.29, 1.82) is 0 Å². The highest BCUT2D eigenvalue weighted by Crippen LogP contribution is 2.17. The maximum Gasteiger partial charge on any atom is 0.320 e. The van der Waals surface area contributed by atoms with Crippen LogP contribution in [0.15, 0.2) is 24.3 Å². The standard InChI is InChI=1S/C11H14N2O4/c1-17-13-9-5-3-2-4-7(9)10(14)6-8(12)11(15)16/h2-5,8,13H,6,12H2,1H3,(H,15,16). The predicted octanol–water partition coefficient (Wildman–Crippen LogP) is 0.645. The maximum absolute atomic E-state index is 11.8. The van der Waals surface area contributed by atoms with Gasteiger partial charge in [0.05, 0.1) is 12.8 Å². The molecule has 0 saturated heterocycles. The van der Waals surface area contributed by atoms with Crippen LogP contribution in [0.5, 0.6) is 0 Å². The lowest BCUT2D eigenvalue weighted by Crippen LogP contribution is -2.32. The molecule has 0 fully saturated rings. The van der Waals surface area contributed by atoms with E-state index >= 15 is 0 Å². The number of benzene rings is 1. The number of aliphatic carboxylic acids is 1. The Labute approximate surface area is 98.3 Å². The van der Waals surface area contributed by atoms with Gasteiger partial charge in [-0.1, -0.05) is 12.1 Å². The van der Waals surface area contributed by atoms with E-state index in [-0.39, 0.29) is 12.2 Å². The number of hydrogen-bond acceptors (Lipinski definition) is 5. The van der Waals surface area contributed by atoms with Crippen LogP contribution in [0.1, 0.15) is 16.8 Å². The summed E-state index contributed by atoms with van der Waals surface area (Å²) in [6, 6.07) is 5.45. The fourth-order valence-corrected chi connectivity index (χ4v) is 1.32. The molecule has 0 bridgehead atoms. The monoisotopic (exact) mass is 238 g/mol. The lowest BCUT2D eigenvalue weighted by atomic mass is 10.0. The number of Topliss-reactive ketones (excluding diaryl/α,β-unsaturated/α-hetero) is 1. The lowest BCUT2D eigenvalue weighted by molar-refractivity contribution is -0.138. The molecular formula is C11H14N2O4. The topological polar surface area (TPSA) is 102 Å². The number of nitrogens with one attached hydrogen (secondary N) is 1. The first-order valence-corrected chi connectivity index (χ1v) is 4.96. The average molecular weight is 238 g/mol. The Morgan fingerprint density at radius 1 is 1.47 bits per heavy atom. The Balaban J connectivity index is 2.84. The van der Waals surface area contributed by atoms with Crippen LogP contribution in [0.2, 0.25) is 0 Å². The van der Waals surface area contributed by atoms with Crippen LogP contribution in [0.25, 0.3) is 0 Å². The normalized spacial score (nSPS) is 11.9. The number of carboxylic acids is 1. The zero-order chi connectivity index (χ0) is 12.8. The number of hydrogen-bond donors (Lipinski definition) is 3. The first-order valence-electron chi connectivity index (χ1n) is 4.96. The molecule has 1 aromatic rings. The Kier molecular flexibility index (Phi) is 4.62. The summed E-state index contributed by atoms with van der Waals surface area (Å²) in [6.07, 6.45) is -0.252. The Hall–Kier alpha value is -1.92. The molecule has 0 radical (unpaired) electrons. The molecule has 92 valence electrons. The summed E-state index contributed by atoms with van der Waals surface area (Å²) in [7, 11) is 1.42. The number of para-hydroxylation sites is 1. The molecule has 1 atom stereocenters. The van der Waals surface area contributed by atoms with Gasteiger partial charge in [0.1, 0.15) is 6.04 Å². The van der Waals surface area contributed by atoms with Crippen molar-refractivity contribution in [3.05, 3.63) is 29.8 Å². The quantitative estimate of drug-likeness (QED) is 0.496. The zero-order valence-electron chi connectivity index (χ0n) is 9.34. The van der Waals surface area contributed by atoms with E-state index < -0.39 is 12.0 Å². The van der Waals surface area contributed by atoms with E-state index in [9.17, 15) is 9.59 Å². The maximum atomic E-state index is 11.8. The first-order chi connectivity index (χ1) is 8.06. The predicted molar refractivity (Wildman–Crippen MR) is 61.6 cm³/mol. The fourth-order valence-electron chi connectivity index (χ4n) is 1.32. The van der Waals surface area contributed by atoms with Crippen molar-refractivity contribution in [2.45, 2.75) is 12.5 Å². The average Bonchev–Trinajstić information content (AvgIpc) is 2.29. The molecule has 1 aromatic carbocycles. The van der Waals surface area contributed by atoms with E-state index in [2.05, 4.69) is 5.48 Å². The number of anilines is 1. The van der Waals surface area contributed by atoms with Crippen molar-refractivity contribution >= 4 is 17.4 Å². The summed E-state index contributed by atoms with van der Waals surface area (Å²) in [5.74, 6) is -1.55. The Morgan fingerprint density at radius 2 is 2.12 bits per heavy atom. The third-order valence-electron chi connectivity index (χ3n) is 2.16. The minimum Gasteiger partial charge on any atom is -0.480 e. The minimum absolute atomic E-state index is 0.252. The summed E-state index contributed by atoms with van der Waals surface area (Å²) in [5.41, 5.74) is 8.69. The fraction of sp³-hybridized carbons (Fsp3) is 0.273. The number of carboxylic acid groups (broad SMARTS) is 1. The summed E-state index contributed by atoms with van der Waals surface area (Å²) >= 11 is 0. The van der Waals surface area contributed by atoms with E-state index in [1.54, 1.807) is 24.3 Å². The van der Waals surface area contributed by atoms with Crippen LogP contribution < -0.4 is 11.2 Å². The van der Waals surface area contributed by atoms with Crippen LogP contribution in [0.4, 0.5) is 5.69 Å². The van der Waals surface area contributed by atoms with Gasteiger partial charge < -0.3 is 10.8 Å². The molecule has 0 aliphatic heterocycles. The van der Waals surface area contributed by atoms with Crippen molar-refractivity contribution < 1.29 is 19.5 Å². The second kappa shape index (κ2) is 5.97. The van der Waals surface area contributed by atoms with E-state index in [1.165, 1.54) is 7.11 Å². The van der Waals surface area contributed by atoms with Gasteiger partial charge in [0, 0.05) is 12.0 Å². The first kappa shape index (κ1) is 13.1. The lowest BCUT2D eigenvalue weighted by Gasteiger charge is -2.10. The Bertz CT molecular complexity index is 420. The van der Waals surface area contributed by atoms with Crippen molar-refractivity contribution in [3.63, 3.8) is 0 Å². The van der Waals surface area contributed by atoms with Crippen molar-refractivity contribution in [1.82, 2.24) is 0 Å². The van der Waals surface area contributed by atoms with Gasteiger partial charge in [-0.05, 0) is 12.1 Å². The summed E-state index contributed by atoms with van der Waals surface area (Å²) in [6.45, 7) is 0. The summed E-state index contributed by atoms with van der Waals surface area (Å²) in [5, 5.41) is 8.63. The van der Waals surface area contributed by atoms with Gasteiger partial charge in [-0.2, -0.15) is 0 Å². The van der Waals surface area contributed by atoms with Crippen molar-refractivity contribution in [2.24, 2.45) is 5.73 Å². The van der Waals surface area contributed by atoms with Crippen molar-refractivity contribution in [2.75, 3.05) is 12.6 Å². The van der Waals surface area contributed by atoms with Gasteiger partial charge in [0.25, 0.3) is 0 Å². The molecule has 4 N–H and O–H groups in total. The van der Waals surface area contributed by atoms with Crippen LogP contribution in [-0.2, 0) is 9.63 Å². The smallest absolute Gasteiger partial charge is 0.320 e. The van der Waals surface area contributed by atoms with E-state index in [1.807, 2.05) is 0 Å². The molecular weight excluding hydrogens is 224 g/mol. The summed E-state index contributed by atoms with van der Waals surface area (Å²) < 4.78 is 0. The molecule has 17 heavy (non-hydrogen) atoms. The largest absolute Gasteiger partial charge is 0.480 e. The van der Waals surface area contributed by atoms with Crippen LogP contribution >= 0.6 is 0 Å². The second-order valence-corrected chi connectivity index (χ2v) is 3.42. The molecule has 0 aliphatic carbocycles. The van der Waals surface area contributed by atoms with E-state index in [0.717, 1.165) is 0 Å². The minimum atomic E-state index is -1.20. The summed E-state index contributed by atoms with van der Waals surface area (Å²) in [4.78, 5) is 27.1. The molecule has 6 heteroatoms. The van der Waals surface area contributed by atoms with E-state index in [4.69, 9.17) is 15.7 Å². The van der Waals surface area contributed by atoms with Crippen LogP contribution in [0.3, 0.4) is 0 Å². The van der Waals surface area contributed by atoms with Gasteiger partial charge in [-0.25, -0.2) is 0 Å². The SMILES string of the molecule is CONc1ccccc1C(=O)CC(N)C(=O)O. The van der Waals surface area contributed by atoms with Crippen LogP contribution in [0, 0.1) is 0 Å². The molecule has 0 heterocycles. The van der Waals surface area contributed by atoms with Crippen molar-refractivity contribution in [3.8, 4) is 0 Å². The molecule has 0 aliphatic rings. The van der Waals surface area contributed by atoms with Gasteiger partial charge >= 0.3 is 5.97 Å². The van der Waals surface area contributed by atoms with Gasteiger partial charge in [0.15, 0.2) is 5.78 Å². The van der Waals surface area contributed by atoms with Gasteiger partial charge in [0.2, 0.25) is 0 Å². The third-order valence-corrected chi connectivity index (χ3v) is 2.16. The third kappa shape index (κ3) is 3.54. The molecule has 0 saturated carbocycles. The van der Waals surface area contributed by atoms with E-state index in [0.29, 0.717) is 11.3 Å². The number of ketones is 1. The number of carbonyl (C=O) groups excluding carboxylic acids is 1. The highest BCUT2D eigenvalue weighted by atomic mass is 16.6. The number of rotatable bonds is 6. The Morgan fingerprint density at radius 3 is 2.71 bits per heavy atom. The molecule has 6 nitrogen and oxygen atoms in total. The van der Waals surface area contributed by atoms with Gasteiger partial charge in [-0.15, -0.1) is 0 Å². The molecule has 1 unspecified atom stereocenters. The number of carbonyl (C=O) groups is 2. The van der Waals surface area contributed by atoms with Crippen LogP contribution in [-0.4, -0.2) is 30.0 Å². The highest BCUT2D eigenvalue weighted by Gasteiger charge is 2.19.